The van der Waals surface area contributed by atoms with Crippen LogP contribution in [0.3, 0.4) is 0 Å². The van der Waals surface area contributed by atoms with Crippen LogP contribution in [0.5, 0.6) is 5.75 Å². The van der Waals surface area contributed by atoms with Crippen LogP contribution in [0.15, 0.2) is 29.8 Å². The van der Waals surface area contributed by atoms with Crippen molar-refractivity contribution in [2.45, 2.75) is 41.3 Å². The minimum absolute atomic E-state index is 0.0352. The van der Waals surface area contributed by atoms with Gasteiger partial charge in [0.25, 0.3) is 11.8 Å². The number of alkyl halides is 3. The van der Waals surface area contributed by atoms with E-state index in [0.29, 0.717) is 11.1 Å². The zero-order chi connectivity index (χ0) is 27.7. The molecule has 3 fully saturated rings. The number of carbonyl (C=O) groups excluding carboxylic acids is 4. The molecule has 2 saturated heterocycles. The number of amides is 4. The molecule has 4 amide bonds. The number of rotatable bonds is 6. The maximum Gasteiger partial charge on any atom is 0.303 e. The fourth-order valence-electron chi connectivity index (χ4n) is 6.52. The second-order valence-corrected chi connectivity index (χ2v) is 12.2. The van der Waals surface area contributed by atoms with Crippen molar-refractivity contribution in [1.29, 1.82) is 0 Å². The highest BCUT2D eigenvalue weighted by molar-refractivity contribution is 9.09. The Morgan fingerprint density at radius 1 is 1.08 bits per heavy atom. The molecule has 2 N–H and O–H groups in total. The summed E-state index contributed by atoms with van der Waals surface area (Å²) in [6, 6.07) is 4.18. The Bertz CT molecular complexity index is 1320. The predicted molar refractivity (Wildman–Crippen MR) is 140 cm³/mol. The number of carboxylic acids is 1. The van der Waals surface area contributed by atoms with Gasteiger partial charge >= 0.3 is 5.97 Å². The zero-order valence-electron chi connectivity index (χ0n) is 19.7. The van der Waals surface area contributed by atoms with Gasteiger partial charge in [0.15, 0.2) is 9.75 Å². The number of carboxylic acid groups (broad SMARTS) is 1. The van der Waals surface area contributed by atoms with Crippen molar-refractivity contribution in [3.63, 3.8) is 0 Å². The minimum atomic E-state index is -1.98. The second-order valence-electron chi connectivity index (χ2n) is 10.0. The number of imide groups is 2. The highest BCUT2D eigenvalue weighted by Crippen LogP contribution is 2.66. The van der Waals surface area contributed by atoms with Gasteiger partial charge in [-0.3, -0.25) is 33.8 Å². The van der Waals surface area contributed by atoms with Crippen molar-refractivity contribution in [2.24, 2.45) is 17.8 Å². The Kier molecular flexibility index (Phi) is 6.86. The Morgan fingerprint density at radius 3 is 2.42 bits per heavy atom. The summed E-state index contributed by atoms with van der Waals surface area (Å²) in [6.45, 7) is -0.0352. The molecule has 0 radical (unpaired) electrons. The van der Waals surface area contributed by atoms with Crippen molar-refractivity contribution >= 4 is 80.3 Å². The first-order chi connectivity index (χ1) is 17.9. The minimum Gasteiger partial charge on any atom is -0.508 e. The Morgan fingerprint density at radius 2 is 1.79 bits per heavy atom. The summed E-state index contributed by atoms with van der Waals surface area (Å²) in [5, 5.41) is 19.0. The molecule has 1 aromatic carbocycles. The van der Waals surface area contributed by atoms with Crippen molar-refractivity contribution in [3.8, 4) is 5.75 Å². The SMILES string of the molecule is O=C(O)CCCN1C(=O)[C@H]2[C@H](CC=C3[C@H]2C[C@@]2(Cl)C(=O)N(CBr)C(=O)[C@@]2(Cl)[C@H]3c2ccc(O)cc2Cl)C1=O. The number of nitrogens with zero attached hydrogens (tertiary/aromatic N) is 2. The maximum atomic E-state index is 13.7. The number of benzene rings is 1. The first-order valence-corrected chi connectivity index (χ1v) is 14.2. The van der Waals surface area contributed by atoms with Crippen molar-refractivity contribution in [2.75, 3.05) is 12.0 Å². The van der Waals surface area contributed by atoms with Crippen LogP contribution in [-0.4, -0.2) is 71.4 Å². The van der Waals surface area contributed by atoms with Gasteiger partial charge in [-0.25, -0.2) is 0 Å². The first kappa shape index (κ1) is 27.4. The van der Waals surface area contributed by atoms with E-state index in [1.54, 1.807) is 6.08 Å². The number of phenols is 1. The molecule has 0 bridgehead atoms. The molecule has 38 heavy (non-hydrogen) atoms. The largest absolute Gasteiger partial charge is 0.508 e. The summed E-state index contributed by atoms with van der Waals surface area (Å²) >= 11 is 23.9. The molecule has 2 heterocycles. The zero-order valence-corrected chi connectivity index (χ0v) is 23.6. The van der Waals surface area contributed by atoms with Crippen LogP contribution in [0.4, 0.5) is 0 Å². The lowest BCUT2D eigenvalue weighted by molar-refractivity contribution is -0.142. The molecule has 0 spiro atoms. The molecule has 13 heteroatoms. The maximum absolute atomic E-state index is 13.7. The lowest BCUT2D eigenvalue weighted by Gasteiger charge is -2.51. The third-order valence-corrected chi connectivity index (χ3v) is 10.4. The summed E-state index contributed by atoms with van der Waals surface area (Å²) in [5.41, 5.74) is 0.788. The standard InChI is InChI=1S/C25H22BrCl3N2O7/c26-10-31-22(37)24(28)9-15-12(19(25(24,29)23(31)38)13-4-3-11(32)8-16(13)27)5-6-14-18(15)21(36)30(20(14)35)7-1-2-17(33)34/h3-5,8,14-15,18-19,32H,1-2,6-7,9-10H2,(H,33,34)/t14-,15+,18-,19+,24+,25-/m0/s1. The molecule has 4 aliphatic rings. The van der Waals surface area contributed by atoms with Gasteiger partial charge in [-0.05, 0) is 42.9 Å². The highest BCUT2D eigenvalue weighted by Gasteiger charge is 2.76. The van der Waals surface area contributed by atoms with E-state index >= 15 is 0 Å². The lowest BCUT2D eigenvalue weighted by Crippen LogP contribution is -2.60. The number of halogens is 4. The number of carbonyl (C=O) groups is 5. The summed E-state index contributed by atoms with van der Waals surface area (Å²) < 4.78 is 0. The average Bonchev–Trinajstić information content (AvgIpc) is 3.18. The molecule has 2 aliphatic carbocycles. The van der Waals surface area contributed by atoms with Gasteiger partial charge in [0.1, 0.15) is 5.75 Å². The number of allylic oxidation sites excluding steroid dienone is 2. The number of aromatic hydroxyl groups is 1. The highest BCUT2D eigenvalue weighted by atomic mass is 79.9. The number of aliphatic carboxylic acids is 1. The summed E-state index contributed by atoms with van der Waals surface area (Å²) in [7, 11) is 0. The summed E-state index contributed by atoms with van der Waals surface area (Å²) in [6.07, 6.45) is 1.73. The number of fused-ring (bicyclic) bond motifs is 4. The third kappa shape index (κ3) is 3.67. The summed E-state index contributed by atoms with van der Waals surface area (Å²) in [5.74, 6) is -6.75. The molecular weight excluding hydrogens is 627 g/mol. The van der Waals surface area contributed by atoms with E-state index in [4.69, 9.17) is 39.9 Å². The average molecular weight is 649 g/mol. The van der Waals surface area contributed by atoms with Gasteiger partial charge in [0.05, 0.1) is 17.3 Å². The smallest absolute Gasteiger partial charge is 0.303 e. The van der Waals surface area contributed by atoms with Gasteiger partial charge in [-0.2, -0.15) is 0 Å². The van der Waals surface area contributed by atoms with Gasteiger partial charge in [-0.15, -0.1) is 23.2 Å². The molecule has 202 valence electrons. The van der Waals surface area contributed by atoms with Gasteiger partial charge in [-0.1, -0.05) is 45.2 Å². The van der Waals surface area contributed by atoms with Crippen molar-refractivity contribution < 1.29 is 34.2 Å². The second kappa shape index (κ2) is 9.50. The molecule has 1 aromatic rings. The number of hydrogen-bond acceptors (Lipinski definition) is 6. The van der Waals surface area contributed by atoms with Crippen LogP contribution in [0.1, 0.15) is 37.2 Å². The molecule has 0 unspecified atom stereocenters. The first-order valence-electron chi connectivity index (χ1n) is 11.9. The number of likely N-dealkylation sites (tertiary alicyclic amines) is 2. The predicted octanol–water partition coefficient (Wildman–Crippen LogP) is 3.62. The molecule has 6 atom stereocenters. The lowest BCUT2D eigenvalue weighted by atomic mass is 9.56. The van der Waals surface area contributed by atoms with E-state index in [1.165, 1.54) is 18.2 Å². The Balaban J connectivity index is 1.64. The van der Waals surface area contributed by atoms with Gasteiger partial charge in [0.2, 0.25) is 11.8 Å². The molecular formula is C25H22BrCl3N2O7. The van der Waals surface area contributed by atoms with E-state index in [2.05, 4.69) is 15.9 Å². The van der Waals surface area contributed by atoms with Crippen LogP contribution < -0.4 is 0 Å². The van der Waals surface area contributed by atoms with E-state index in [9.17, 15) is 29.1 Å². The van der Waals surface area contributed by atoms with Crippen molar-refractivity contribution in [1.82, 2.24) is 9.80 Å². The van der Waals surface area contributed by atoms with Crippen LogP contribution in [0, 0.1) is 17.8 Å². The molecule has 2 aliphatic heterocycles. The summed E-state index contributed by atoms with van der Waals surface area (Å²) in [4.78, 5) is 63.1. The normalized spacial score (nSPS) is 34.3. The number of phenolic OH excluding ortho intramolecular Hbond substituents is 1. The van der Waals surface area contributed by atoms with Gasteiger partial charge < -0.3 is 10.2 Å². The van der Waals surface area contributed by atoms with Crippen molar-refractivity contribution in [3.05, 3.63) is 40.4 Å². The Hall–Kier alpha value is -2.14. The van der Waals surface area contributed by atoms with E-state index in [0.717, 1.165) is 9.80 Å². The van der Waals surface area contributed by atoms with Crippen LogP contribution >= 0.6 is 50.7 Å². The van der Waals surface area contributed by atoms with E-state index < -0.39 is 63.0 Å². The fraction of sp³-hybridized carbons (Fsp3) is 0.480. The third-order valence-electron chi connectivity index (χ3n) is 8.17. The molecule has 0 aromatic heterocycles. The molecule has 1 saturated carbocycles. The van der Waals surface area contributed by atoms with E-state index in [-0.39, 0.29) is 48.5 Å². The van der Waals surface area contributed by atoms with Crippen LogP contribution in [0.2, 0.25) is 5.02 Å². The quantitative estimate of drug-likeness (QED) is 0.209. The Labute approximate surface area is 240 Å². The van der Waals surface area contributed by atoms with Gasteiger partial charge in [0, 0.05) is 23.9 Å². The van der Waals surface area contributed by atoms with Crippen LogP contribution in [-0.2, 0) is 24.0 Å². The molecule has 5 rings (SSSR count). The van der Waals surface area contributed by atoms with E-state index in [1.807, 2.05) is 0 Å². The van der Waals surface area contributed by atoms with Crippen LogP contribution in [0.25, 0.3) is 0 Å². The number of hydrogen-bond donors (Lipinski definition) is 2. The molecule has 9 nitrogen and oxygen atoms in total. The fourth-order valence-corrected chi connectivity index (χ4v) is 8.22. The monoisotopic (exact) mass is 646 g/mol. The topological polar surface area (TPSA) is 132 Å².